The molecule has 3 aromatic rings. The summed E-state index contributed by atoms with van der Waals surface area (Å²) in [6, 6.07) is 13.7. The van der Waals surface area contributed by atoms with Gasteiger partial charge in [0.05, 0.1) is 18.6 Å². The average molecular weight is 458 g/mol. The van der Waals surface area contributed by atoms with Crippen LogP contribution in [0.4, 0.5) is 0 Å². The first-order valence-electron chi connectivity index (χ1n) is 10.6. The van der Waals surface area contributed by atoms with E-state index in [0.717, 1.165) is 29.6 Å². The van der Waals surface area contributed by atoms with Crippen LogP contribution in [0.25, 0.3) is 10.9 Å². The van der Waals surface area contributed by atoms with Gasteiger partial charge in [0.25, 0.3) is 0 Å². The van der Waals surface area contributed by atoms with Gasteiger partial charge < -0.3 is 15.0 Å². The van der Waals surface area contributed by atoms with Gasteiger partial charge >= 0.3 is 0 Å². The fourth-order valence-electron chi connectivity index (χ4n) is 5.39. The maximum absolute atomic E-state index is 13.4. The van der Waals surface area contributed by atoms with Gasteiger partial charge in [-0.3, -0.25) is 9.69 Å². The second-order valence-corrected chi connectivity index (χ2v) is 9.52. The van der Waals surface area contributed by atoms with E-state index in [-0.39, 0.29) is 24.6 Å². The average Bonchev–Trinajstić information content (AvgIpc) is 3.12. The lowest BCUT2D eigenvalue weighted by Crippen LogP contribution is -2.57. The zero-order valence-corrected chi connectivity index (χ0v) is 18.8. The molecule has 31 heavy (non-hydrogen) atoms. The number of H-pyrrole nitrogens is 1. The number of benzene rings is 2. The molecule has 162 valence electrons. The number of rotatable bonds is 4. The van der Waals surface area contributed by atoms with Crippen LogP contribution >= 0.6 is 23.2 Å². The summed E-state index contributed by atoms with van der Waals surface area (Å²) in [5.74, 6) is -0.411. The Labute approximate surface area is 191 Å². The van der Waals surface area contributed by atoms with Gasteiger partial charge in [0.15, 0.2) is 0 Å². The summed E-state index contributed by atoms with van der Waals surface area (Å²) in [7, 11) is 2.00. The zero-order valence-electron chi connectivity index (χ0n) is 17.3. The lowest BCUT2D eigenvalue weighted by atomic mass is 9.81. The SMILES string of the molecule is CN(Cc1cc(Cl)cc(Cl)c1)[C@H]1CC2c3[nH]c4ccccc4c3CCN2C(=O)C1CO. The van der Waals surface area contributed by atoms with E-state index in [1.807, 2.05) is 30.1 Å². The highest BCUT2D eigenvalue weighted by molar-refractivity contribution is 6.34. The number of fused-ring (bicyclic) bond motifs is 5. The van der Waals surface area contributed by atoms with Crippen LogP contribution in [-0.2, 0) is 17.8 Å². The summed E-state index contributed by atoms with van der Waals surface area (Å²) in [6.07, 6.45) is 1.60. The van der Waals surface area contributed by atoms with E-state index in [1.165, 1.54) is 10.9 Å². The van der Waals surface area contributed by atoms with Crippen LogP contribution < -0.4 is 0 Å². The monoisotopic (exact) mass is 457 g/mol. The predicted octanol–water partition coefficient (Wildman–Crippen LogP) is 4.41. The molecule has 0 aliphatic carbocycles. The van der Waals surface area contributed by atoms with Crippen LogP contribution in [0.3, 0.4) is 0 Å². The van der Waals surface area contributed by atoms with Crippen LogP contribution in [0, 0.1) is 5.92 Å². The number of piperidine rings is 1. The largest absolute Gasteiger partial charge is 0.395 e. The minimum Gasteiger partial charge on any atom is -0.395 e. The minimum atomic E-state index is -0.443. The third-order valence-corrected chi connectivity index (χ3v) is 7.24. The number of carbonyl (C=O) groups excluding carboxylic acids is 1. The topological polar surface area (TPSA) is 59.6 Å². The fourth-order valence-corrected chi connectivity index (χ4v) is 5.96. The molecule has 2 unspecified atom stereocenters. The van der Waals surface area contributed by atoms with Crippen molar-refractivity contribution < 1.29 is 9.90 Å². The van der Waals surface area contributed by atoms with Crippen molar-refractivity contribution in [3.63, 3.8) is 0 Å². The fraction of sp³-hybridized carbons (Fsp3) is 0.375. The van der Waals surface area contributed by atoms with Crippen molar-refractivity contribution >= 4 is 40.0 Å². The number of halogens is 2. The number of aliphatic hydroxyl groups excluding tert-OH is 1. The Morgan fingerprint density at radius 3 is 2.68 bits per heavy atom. The molecule has 0 radical (unpaired) electrons. The quantitative estimate of drug-likeness (QED) is 0.609. The highest BCUT2D eigenvalue weighted by Crippen LogP contribution is 2.42. The maximum atomic E-state index is 13.4. The van der Waals surface area contributed by atoms with Gasteiger partial charge in [0.2, 0.25) is 5.91 Å². The second-order valence-electron chi connectivity index (χ2n) is 8.65. The Kier molecular flexibility index (Phi) is 5.47. The zero-order chi connectivity index (χ0) is 21.7. The van der Waals surface area contributed by atoms with E-state index < -0.39 is 5.92 Å². The van der Waals surface area contributed by atoms with E-state index in [1.54, 1.807) is 6.07 Å². The summed E-state index contributed by atoms with van der Waals surface area (Å²) >= 11 is 12.4. The van der Waals surface area contributed by atoms with Crippen LogP contribution in [0.15, 0.2) is 42.5 Å². The molecule has 0 bridgehead atoms. The standard InChI is InChI=1S/C24H25Cl2N3O2/c1-28(12-14-8-15(25)10-16(26)9-14)21-11-22-23-18(17-4-2-3-5-20(17)27-23)6-7-29(22)24(31)19(21)13-30/h2-5,8-10,19,21-22,27,30H,6-7,11-13H2,1H3/t19?,21-,22?/m0/s1. The molecule has 5 nitrogen and oxygen atoms in total. The molecule has 1 amide bonds. The highest BCUT2D eigenvalue weighted by Gasteiger charge is 2.46. The third kappa shape index (κ3) is 3.64. The van der Waals surface area contributed by atoms with E-state index >= 15 is 0 Å². The van der Waals surface area contributed by atoms with Gasteiger partial charge in [-0.15, -0.1) is 0 Å². The first-order valence-corrected chi connectivity index (χ1v) is 11.4. The van der Waals surface area contributed by atoms with E-state index in [0.29, 0.717) is 23.1 Å². The molecule has 2 aliphatic rings. The van der Waals surface area contributed by atoms with E-state index in [2.05, 4.69) is 28.1 Å². The molecule has 1 aromatic heterocycles. The van der Waals surface area contributed by atoms with Crippen molar-refractivity contribution in [2.75, 3.05) is 20.2 Å². The number of aliphatic hydroxyl groups is 1. The van der Waals surface area contributed by atoms with Crippen LogP contribution in [0.2, 0.25) is 10.0 Å². The normalized spacial score (nSPS) is 23.3. The van der Waals surface area contributed by atoms with Crippen molar-refractivity contribution in [2.24, 2.45) is 5.92 Å². The van der Waals surface area contributed by atoms with Gasteiger partial charge in [-0.25, -0.2) is 0 Å². The molecule has 5 rings (SSSR count). The lowest BCUT2D eigenvalue weighted by Gasteiger charge is -2.47. The molecular formula is C24H25Cl2N3O2. The molecular weight excluding hydrogens is 433 g/mol. The third-order valence-electron chi connectivity index (χ3n) is 6.81. The number of aromatic amines is 1. The second kappa shape index (κ2) is 8.14. The lowest BCUT2D eigenvalue weighted by molar-refractivity contribution is -0.149. The molecule has 3 heterocycles. The maximum Gasteiger partial charge on any atom is 0.230 e. The van der Waals surface area contributed by atoms with Gasteiger partial charge in [-0.1, -0.05) is 41.4 Å². The summed E-state index contributed by atoms with van der Waals surface area (Å²) in [4.78, 5) is 21.1. The van der Waals surface area contributed by atoms with Gasteiger partial charge in [0, 0.05) is 45.8 Å². The molecule has 3 atom stereocenters. The summed E-state index contributed by atoms with van der Waals surface area (Å²) < 4.78 is 0. The minimum absolute atomic E-state index is 0.0122. The van der Waals surface area contributed by atoms with Gasteiger partial charge in [0.1, 0.15) is 0 Å². The molecule has 2 N–H and O–H groups in total. The molecule has 0 saturated carbocycles. The van der Waals surface area contributed by atoms with Crippen molar-refractivity contribution in [1.29, 1.82) is 0 Å². The highest BCUT2D eigenvalue weighted by atomic mass is 35.5. The van der Waals surface area contributed by atoms with Crippen molar-refractivity contribution in [1.82, 2.24) is 14.8 Å². The number of nitrogens with zero attached hydrogens (tertiary/aromatic N) is 2. The van der Waals surface area contributed by atoms with Crippen LogP contribution in [0.1, 0.15) is 29.3 Å². The Balaban J connectivity index is 1.47. The Morgan fingerprint density at radius 2 is 1.94 bits per heavy atom. The summed E-state index contributed by atoms with van der Waals surface area (Å²) in [6.45, 7) is 1.13. The number of carbonyl (C=O) groups is 1. The number of hydrogen-bond donors (Lipinski definition) is 2. The number of hydrogen-bond acceptors (Lipinski definition) is 3. The van der Waals surface area contributed by atoms with Crippen molar-refractivity contribution in [3.05, 3.63) is 69.3 Å². The molecule has 1 fully saturated rings. The predicted molar refractivity (Wildman–Crippen MR) is 123 cm³/mol. The molecule has 1 saturated heterocycles. The van der Waals surface area contributed by atoms with Gasteiger partial charge in [-0.05, 0) is 55.3 Å². The Bertz CT molecular complexity index is 1120. The van der Waals surface area contributed by atoms with Crippen molar-refractivity contribution in [3.8, 4) is 0 Å². The van der Waals surface area contributed by atoms with Crippen LogP contribution in [-0.4, -0.2) is 52.0 Å². The Hall–Kier alpha value is -2.05. The summed E-state index contributed by atoms with van der Waals surface area (Å²) in [5, 5.41) is 12.5. The Morgan fingerprint density at radius 1 is 1.19 bits per heavy atom. The van der Waals surface area contributed by atoms with E-state index in [4.69, 9.17) is 23.2 Å². The molecule has 2 aliphatic heterocycles. The van der Waals surface area contributed by atoms with Crippen molar-refractivity contribution in [2.45, 2.75) is 31.5 Å². The summed E-state index contributed by atoms with van der Waals surface area (Å²) in [5.41, 5.74) is 4.56. The molecule has 7 heteroatoms. The molecule has 2 aromatic carbocycles. The van der Waals surface area contributed by atoms with Gasteiger partial charge in [-0.2, -0.15) is 0 Å². The smallest absolute Gasteiger partial charge is 0.230 e. The number of nitrogens with one attached hydrogen (secondary N) is 1. The number of aromatic nitrogens is 1. The first-order chi connectivity index (χ1) is 15.0. The number of para-hydroxylation sites is 1. The number of amides is 1. The van der Waals surface area contributed by atoms with E-state index in [9.17, 15) is 9.90 Å². The van der Waals surface area contributed by atoms with Crippen LogP contribution in [0.5, 0.6) is 0 Å². The first kappa shape index (κ1) is 20.8. The molecule has 0 spiro atoms.